The molecule has 0 spiro atoms. The highest BCUT2D eigenvalue weighted by Gasteiger charge is 2.41. The molecule has 0 saturated carbocycles. The number of alkyl halides is 4. The van der Waals surface area contributed by atoms with E-state index >= 15 is 0 Å². The number of carbonyl (C=O) groups is 1. The van der Waals surface area contributed by atoms with Gasteiger partial charge in [0, 0.05) is 57.9 Å². The number of piperazine rings is 1. The van der Waals surface area contributed by atoms with Gasteiger partial charge in [-0.1, -0.05) is 6.07 Å². The molecular formula is C23H33F4N3O5. The number of nitrogens with zero attached hydrogens (tertiary/aromatic N) is 3. The van der Waals surface area contributed by atoms with Gasteiger partial charge in [0.2, 0.25) is 0 Å². The van der Waals surface area contributed by atoms with Crippen molar-refractivity contribution in [2.75, 3.05) is 79.3 Å². The second-order valence-corrected chi connectivity index (χ2v) is 8.81. The number of amides is 1. The fourth-order valence-electron chi connectivity index (χ4n) is 4.16. The molecule has 1 amide bonds. The molecule has 2 heterocycles. The van der Waals surface area contributed by atoms with Crippen LogP contribution in [0.15, 0.2) is 24.3 Å². The Balaban J connectivity index is 1.38. The molecule has 2 unspecified atom stereocenters. The van der Waals surface area contributed by atoms with Crippen molar-refractivity contribution in [2.45, 2.75) is 24.6 Å². The molecule has 1 aromatic carbocycles. The van der Waals surface area contributed by atoms with Crippen molar-refractivity contribution in [1.82, 2.24) is 14.7 Å². The van der Waals surface area contributed by atoms with Crippen LogP contribution in [0.5, 0.6) is 5.75 Å². The zero-order valence-corrected chi connectivity index (χ0v) is 19.8. The maximum atomic E-state index is 12.9. The molecule has 0 aromatic heterocycles. The minimum atomic E-state index is -4.23. The molecule has 2 aliphatic heterocycles. The van der Waals surface area contributed by atoms with Crippen molar-refractivity contribution >= 4 is 5.91 Å². The average molecular weight is 508 g/mol. The van der Waals surface area contributed by atoms with Gasteiger partial charge >= 0.3 is 12.3 Å². The first-order chi connectivity index (χ1) is 16.7. The predicted molar refractivity (Wildman–Crippen MR) is 119 cm³/mol. The standard InChI is InChI=1S/C23H33F4N3O5/c1-33-19-4-2-3-17(11-19)21(32)30-7-5-28(6-8-30)13-20-14-29(9-10-35-20)12-18(31)15-34-16-23(26,27)22(24)25/h2-4,11,18,20,22,31H,5-10,12-16H2,1H3. The van der Waals surface area contributed by atoms with Crippen molar-refractivity contribution in [2.24, 2.45) is 0 Å². The Labute approximate surface area is 202 Å². The van der Waals surface area contributed by atoms with Crippen molar-refractivity contribution in [3.8, 4) is 5.75 Å². The summed E-state index contributed by atoms with van der Waals surface area (Å²) in [5.41, 5.74) is 0.588. The number of β-amino-alcohol motifs (C(OH)–C–C–N with tert-alkyl or cyclic N) is 1. The third-order valence-corrected chi connectivity index (χ3v) is 6.05. The number of halogens is 4. The van der Waals surface area contributed by atoms with Crippen LogP contribution in [0.25, 0.3) is 0 Å². The molecule has 2 fully saturated rings. The maximum absolute atomic E-state index is 12.9. The zero-order valence-electron chi connectivity index (χ0n) is 19.8. The van der Waals surface area contributed by atoms with Gasteiger partial charge in [0.05, 0.1) is 32.5 Å². The van der Waals surface area contributed by atoms with Gasteiger partial charge in [0.25, 0.3) is 5.91 Å². The maximum Gasteiger partial charge on any atom is 0.330 e. The predicted octanol–water partition coefficient (Wildman–Crippen LogP) is 1.43. The number of hydrogen-bond donors (Lipinski definition) is 1. The number of carbonyl (C=O) groups excluding carboxylic acids is 1. The summed E-state index contributed by atoms with van der Waals surface area (Å²) in [5.74, 6) is -3.63. The SMILES string of the molecule is COc1cccc(C(=O)N2CCN(CC3CN(CC(O)COCC(F)(F)C(F)F)CCO3)CC2)c1. The lowest BCUT2D eigenvalue weighted by Gasteiger charge is -2.39. The van der Waals surface area contributed by atoms with E-state index in [1.807, 2.05) is 9.80 Å². The molecule has 1 N–H and O–H groups in total. The summed E-state index contributed by atoms with van der Waals surface area (Å²) in [5, 5.41) is 10.1. The molecule has 8 nitrogen and oxygen atoms in total. The minimum absolute atomic E-state index is 0.0360. The molecule has 0 aliphatic carbocycles. The summed E-state index contributed by atoms with van der Waals surface area (Å²) >= 11 is 0. The number of aliphatic hydroxyl groups excluding tert-OH is 1. The van der Waals surface area contributed by atoms with Crippen LogP contribution in [0.2, 0.25) is 0 Å². The Bertz CT molecular complexity index is 811. The zero-order chi connectivity index (χ0) is 25.4. The first kappa shape index (κ1) is 27.6. The highest BCUT2D eigenvalue weighted by atomic mass is 19.3. The summed E-state index contributed by atoms with van der Waals surface area (Å²) in [6, 6.07) is 7.07. The summed E-state index contributed by atoms with van der Waals surface area (Å²) in [7, 11) is 1.56. The van der Waals surface area contributed by atoms with Crippen molar-refractivity contribution < 1.29 is 41.7 Å². The lowest BCUT2D eigenvalue weighted by atomic mass is 10.1. The average Bonchev–Trinajstić information content (AvgIpc) is 2.84. The van der Waals surface area contributed by atoms with Crippen LogP contribution in [0, 0.1) is 0 Å². The van der Waals surface area contributed by atoms with E-state index in [0.717, 1.165) is 0 Å². The Morgan fingerprint density at radius 3 is 2.63 bits per heavy atom. The molecule has 12 heteroatoms. The van der Waals surface area contributed by atoms with E-state index in [4.69, 9.17) is 9.47 Å². The molecule has 3 rings (SSSR count). The van der Waals surface area contributed by atoms with Gasteiger partial charge in [-0.05, 0) is 18.2 Å². The van der Waals surface area contributed by atoms with Gasteiger partial charge in [-0.3, -0.25) is 14.6 Å². The van der Waals surface area contributed by atoms with Crippen molar-refractivity contribution in [3.63, 3.8) is 0 Å². The third-order valence-electron chi connectivity index (χ3n) is 6.05. The van der Waals surface area contributed by atoms with Crippen LogP contribution >= 0.6 is 0 Å². The molecule has 0 radical (unpaired) electrons. The van der Waals surface area contributed by atoms with Crippen LogP contribution < -0.4 is 4.74 Å². The molecule has 35 heavy (non-hydrogen) atoms. The topological polar surface area (TPSA) is 74.7 Å². The van der Waals surface area contributed by atoms with Crippen LogP contribution in [-0.2, 0) is 9.47 Å². The third kappa shape index (κ3) is 8.28. The number of ether oxygens (including phenoxy) is 3. The van der Waals surface area contributed by atoms with Gasteiger partial charge in [0.1, 0.15) is 12.4 Å². The Hall–Kier alpha value is -1.99. The van der Waals surface area contributed by atoms with E-state index < -0.39 is 31.7 Å². The summed E-state index contributed by atoms with van der Waals surface area (Å²) < 4.78 is 65.8. The Morgan fingerprint density at radius 1 is 1.20 bits per heavy atom. The van der Waals surface area contributed by atoms with Crippen molar-refractivity contribution in [1.29, 1.82) is 0 Å². The summed E-state index contributed by atoms with van der Waals surface area (Å²) in [6.07, 6.45) is -4.99. The highest BCUT2D eigenvalue weighted by Crippen LogP contribution is 2.23. The normalized spacial score (nSPS) is 21.3. The van der Waals surface area contributed by atoms with Gasteiger partial charge in [0.15, 0.2) is 0 Å². The first-order valence-electron chi connectivity index (χ1n) is 11.6. The molecule has 198 valence electrons. The Kier molecular flexibility index (Phi) is 10.1. The van der Waals surface area contributed by atoms with Gasteiger partial charge in [-0.25, -0.2) is 8.78 Å². The van der Waals surface area contributed by atoms with E-state index in [1.165, 1.54) is 0 Å². The molecule has 2 saturated heterocycles. The fourth-order valence-corrected chi connectivity index (χ4v) is 4.16. The van der Waals surface area contributed by atoms with Crippen LogP contribution in [0.4, 0.5) is 17.6 Å². The fraction of sp³-hybridized carbons (Fsp3) is 0.696. The van der Waals surface area contributed by atoms with Gasteiger partial charge < -0.3 is 24.2 Å². The number of methoxy groups -OCH3 is 1. The lowest BCUT2D eigenvalue weighted by molar-refractivity contribution is -0.171. The summed E-state index contributed by atoms with van der Waals surface area (Å²) in [6.45, 7) is 3.07. The van der Waals surface area contributed by atoms with E-state index in [1.54, 1.807) is 31.4 Å². The molecule has 0 bridgehead atoms. The van der Waals surface area contributed by atoms with E-state index in [9.17, 15) is 27.5 Å². The van der Waals surface area contributed by atoms with Crippen LogP contribution in [0.1, 0.15) is 10.4 Å². The second kappa shape index (κ2) is 12.8. The van der Waals surface area contributed by atoms with Gasteiger partial charge in [-0.2, -0.15) is 8.78 Å². The largest absolute Gasteiger partial charge is 0.497 e. The number of hydrogen-bond acceptors (Lipinski definition) is 7. The number of benzene rings is 1. The summed E-state index contributed by atoms with van der Waals surface area (Å²) in [4.78, 5) is 18.8. The molecule has 2 aliphatic rings. The van der Waals surface area contributed by atoms with Gasteiger partial charge in [-0.15, -0.1) is 0 Å². The van der Waals surface area contributed by atoms with E-state index in [2.05, 4.69) is 9.64 Å². The first-order valence-corrected chi connectivity index (χ1v) is 11.6. The minimum Gasteiger partial charge on any atom is -0.497 e. The molecule has 1 aromatic rings. The monoisotopic (exact) mass is 507 g/mol. The Morgan fingerprint density at radius 2 is 1.94 bits per heavy atom. The van der Waals surface area contributed by atoms with Crippen LogP contribution in [0.3, 0.4) is 0 Å². The number of aliphatic hydroxyl groups is 1. The lowest BCUT2D eigenvalue weighted by Crippen LogP contribution is -2.54. The smallest absolute Gasteiger partial charge is 0.330 e. The second-order valence-electron chi connectivity index (χ2n) is 8.81. The van der Waals surface area contributed by atoms with Crippen molar-refractivity contribution in [3.05, 3.63) is 29.8 Å². The number of rotatable bonds is 11. The highest BCUT2D eigenvalue weighted by molar-refractivity contribution is 5.94. The van der Waals surface area contributed by atoms with Crippen LogP contribution in [-0.4, -0.2) is 130 Å². The molecule has 2 atom stereocenters. The quantitative estimate of drug-likeness (QED) is 0.455. The molecular weight excluding hydrogens is 474 g/mol. The van der Waals surface area contributed by atoms with E-state index in [0.29, 0.717) is 63.7 Å². The number of morpholine rings is 1. The van der Waals surface area contributed by atoms with E-state index in [-0.39, 0.29) is 18.6 Å².